The van der Waals surface area contributed by atoms with Gasteiger partial charge in [0.25, 0.3) is 0 Å². The minimum absolute atomic E-state index is 0. The van der Waals surface area contributed by atoms with Crippen molar-refractivity contribution in [2.75, 3.05) is 21.3 Å². The molecule has 0 bridgehead atoms. The van der Waals surface area contributed by atoms with Gasteiger partial charge in [-0.05, 0) is 46.8 Å². The molecule has 0 spiro atoms. The number of ether oxygens (including phenoxy) is 3. The molecule has 126 valence electrons. The van der Waals surface area contributed by atoms with E-state index in [4.69, 9.17) is 14.2 Å². The third-order valence-corrected chi connectivity index (χ3v) is 4.59. The predicted octanol–water partition coefficient (Wildman–Crippen LogP) is 4.04. The Kier molecular flexibility index (Phi) is 9.55. The maximum absolute atomic E-state index is 10.1. The van der Waals surface area contributed by atoms with Crippen molar-refractivity contribution in [2.24, 2.45) is 0 Å². The number of thiophene rings is 1. The third-order valence-electron chi connectivity index (χ3n) is 3.73. The van der Waals surface area contributed by atoms with Crippen molar-refractivity contribution in [1.29, 1.82) is 0 Å². The van der Waals surface area contributed by atoms with Gasteiger partial charge in [0, 0.05) is 69.2 Å². The monoisotopic (exact) mass is 388 g/mol. The zero-order valence-electron chi connectivity index (χ0n) is 15.7. The Morgan fingerprint density at radius 2 is 1.42 bits per heavy atom. The smallest absolute Gasteiger partial charge is 0.203 e. The Morgan fingerprint density at radius 1 is 0.846 bits per heavy atom. The van der Waals surface area contributed by atoms with E-state index in [9.17, 15) is 5.11 Å². The summed E-state index contributed by atoms with van der Waals surface area (Å²) in [5.74, 6) is 2.06. The topological polar surface area (TPSA) is 47.9 Å². The second-order valence-electron chi connectivity index (χ2n) is 5.16. The van der Waals surface area contributed by atoms with Crippen molar-refractivity contribution in [3.8, 4) is 23.0 Å². The molecule has 4 nitrogen and oxygen atoms in total. The van der Waals surface area contributed by atoms with E-state index in [1.807, 2.05) is 41.8 Å². The molecule has 0 atom stereocenters. The first-order valence-electron chi connectivity index (χ1n) is 7.34. The molecule has 0 fully saturated rings. The van der Waals surface area contributed by atoms with Crippen molar-refractivity contribution in [1.82, 2.24) is 0 Å². The zero-order chi connectivity index (χ0) is 17.1. The van der Waals surface area contributed by atoms with Gasteiger partial charge in [0.05, 0.1) is 21.3 Å². The van der Waals surface area contributed by atoms with E-state index < -0.39 is 0 Å². The van der Waals surface area contributed by atoms with Gasteiger partial charge in [-0.3, -0.25) is 0 Å². The van der Waals surface area contributed by atoms with Crippen molar-refractivity contribution >= 4 is 92.7 Å². The molecular formula is C19H18Na2O4S. The standard InChI is InChI=1S/C19H18O4S.2Na/c1-21-16-9-13(10-17(22-2)19(16)23-3)5-4-12-8-15(20)14-6-7-24-18(14)11-12;;/h4-11,20H,1-3H3;;. The Hall–Kier alpha value is -0.660. The van der Waals surface area contributed by atoms with Gasteiger partial charge in [-0.25, -0.2) is 0 Å². The summed E-state index contributed by atoms with van der Waals surface area (Å²) >= 11 is 1.60. The molecule has 7 heteroatoms. The molecule has 0 amide bonds. The summed E-state index contributed by atoms with van der Waals surface area (Å²) in [4.78, 5) is 0. The first kappa shape index (κ1) is 23.4. The van der Waals surface area contributed by atoms with Crippen LogP contribution in [0.15, 0.2) is 35.7 Å². The molecule has 0 saturated heterocycles. The summed E-state index contributed by atoms with van der Waals surface area (Å²) in [6.07, 6.45) is 3.89. The quantitative estimate of drug-likeness (QED) is 0.529. The zero-order valence-corrected chi connectivity index (χ0v) is 20.5. The maximum Gasteiger partial charge on any atom is 0.203 e. The minimum atomic E-state index is 0. The van der Waals surface area contributed by atoms with Crippen LogP contribution in [-0.2, 0) is 0 Å². The summed E-state index contributed by atoms with van der Waals surface area (Å²) in [6.45, 7) is 0. The van der Waals surface area contributed by atoms with Gasteiger partial charge in [-0.15, -0.1) is 11.3 Å². The largest absolute Gasteiger partial charge is 0.507 e. The molecule has 3 aromatic rings. The first-order valence-corrected chi connectivity index (χ1v) is 8.22. The van der Waals surface area contributed by atoms with E-state index in [0.717, 1.165) is 21.2 Å². The molecule has 1 aromatic heterocycles. The van der Waals surface area contributed by atoms with Gasteiger partial charge in [0.1, 0.15) is 5.75 Å². The number of hydrogen-bond donors (Lipinski definition) is 1. The van der Waals surface area contributed by atoms with Gasteiger partial charge in [-0.2, -0.15) is 0 Å². The van der Waals surface area contributed by atoms with E-state index in [0.29, 0.717) is 23.0 Å². The molecule has 0 aliphatic rings. The fourth-order valence-corrected chi connectivity index (χ4v) is 3.41. The van der Waals surface area contributed by atoms with Crippen LogP contribution in [-0.4, -0.2) is 85.6 Å². The van der Waals surface area contributed by atoms with E-state index in [1.165, 1.54) is 0 Å². The molecule has 0 saturated carbocycles. The summed E-state index contributed by atoms with van der Waals surface area (Å²) in [6, 6.07) is 9.47. The van der Waals surface area contributed by atoms with Crippen LogP contribution in [0.2, 0.25) is 0 Å². The van der Waals surface area contributed by atoms with Crippen LogP contribution in [0, 0.1) is 0 Å². The SMILES string of the molecule is COc1cc(C=Cc2cc(O)c3ccsc3c2)cc(OC)c1OC.[Na].[Na]. The van der Waals surface area contributed by atoms with E-state index >= 15 is 0 Å². The molecule has 0 aliphatic heterocycles. The Balaban J connectivity index is 0.00000169. The van der Waals surface area contributed by atoms with Crippen molar-refractivity contribution in [2.45, 2.75) is 0 Å². The number of aromatic hydroxyl groups is 1. The van der Waals surface area contributed by atoms with Crippen LogP contribution in [0.25, 0.3) is 22.2 Å². The summed E-state index contributed by atoms with van der Waals surface area (Å²) in [5.41, 5.74) is 1.84. The molecule has 0 aliphatic carbocycles. The van der Waals surface area contributed by atoms with Crippen molar-refractivity contribution in [3.05, 3.63) is 46.8 Å². The first-order chi connectivity index (χ1) is 11.7. The van der Waals surface area contributed by atoms with Crippen LogP contribution < -0.4 is 14.2 Å². The number of hydrogen-bond acceptors (Lipinski definition) is 5. The molecule has 26 heavy (non-hydrogen) atoms. The molecule has 2 radical (unpaired) electrons. The molecule has 3 rings (SSSR count). The molecule has 1 heterocycles. The van der Waals surface area contributed by atoms with Crippen LogP contribution in [0.3, 0.4) is 0 Å². The number of phenolic OH excluding ortho intramolecular Hbond substituents is 1. The average molecular weight is 388 g/mol. The Morgan fingerprint density at radius 3 is 1.96 bits per heavy atom. The Labute approximate surface area is 201 Å². The van der Waals surface area contributed by atoms with Gasteiger partial charge in [-0.1, -0.05) is 12.2 Å². The molecule has 0 unspecified atom stereocenters. The van der Waals surface area contributed by atoms with Crippen molar-refractivity contribution in [3.63, 3.8) is 0 Å². The fourth-order valence-electron chi connectivity index (χ4n) is 2.56. The molecule has 2 aromatic carbocycles. The summed E-state index contributed by atoms with van der Waals surface area (Å²) in [7, 11) is 4.76. The van der Waals surface area contributed by atoms with Gasteiger partial charge in [0.2, 0.25) is 5.75 Å². The summed E-state index contributed by atoms with van der Waals surface area (Å²) in [5, 5.41) is 12.9. The number of benzene rings is 2. The molecular weight excluding hydrogens is 370 g/mol. The third kappa shape index (κ3) is 4.98. The van der Waals surface area contributed by atoms with E-state index in [2.05, 4.69) is 0 Å². The van der Waals surface area contributed by atoms with Gasteiger partial charge >= 0.3 is 0 Å². The Bertz CT molecular complexity index is 881. The van der Waals surface area contributed by atoms with Crippen LogP contribution in [0.1, 0.15) is 11.1 Å². The fraction of sp³-hybridized carbons (Fsp3) is 0.158. The van der Waals surface area contributed by atoms with E-state index in [-0.39, 0.29) is 59.1 Å². The number of phenols is 1. The second-order valence-corrected chi connectivity index (χ2v) is 6.11. The van der Waals surface area contributed by atoms with E-state index in [1.54, 1.807) is 38.7 Å². The van der Waals surface area contributed by atoms with Crippen molar-refractivity contribution < 1.29 is 19.3 Å². The van der Waals surface area contributed by atoms with Gasteiger partial charge in [0.15, 0.2) is 11.5 Å². The maximum atomic E-state index is 10.1. The number of fused-ring (bicyclic) bond motifs is 1. The second kappa shape index (κ2) is 10.6. The van der Waals surface area contributed by atoms with Gasteiger partial charge < -0.3 is 19.3 Å². The number of methoxy groups -OCH3 is 3. The van der Waals surface area contributed by atoms with Crippen LogP contribution >= 0.6 is 11.3 Å². The predicted molar refractivity (Wildman–Crippen MR) is 110 cm³/mol. The van der Waals surface area contributed by atoms with Crippen LogP contribution in [0.5, 0.6) is 23.0 Å². The summed E-state index contributed by atoms with van der Waals surface area (Å²) < 4.78 is 17.1. The normalized spacial score (nSPS) is 10.3. The minimum Gasteiger partial charge on any atom is -0.507 e. The molecule has 1 N–H and O–H groups in total. The van der Waals surface area contributed by atoms with Crippen LogP contribution in [0.4, 0.5) is 0 Å². The average Bonchev–Trinajstić information content (AvgIpc) is 3.08. The number of rotatable bonds is 5.